The molecule has 0 amide bonds. The van der Waals surface area contributed by atoms with Gasteiger partial charge in [0, 0.05) is 15.5 Å². The van der Waals surface area contributed by atoms with Gasteiger partial charge in [-0.15, -0.1) is 0 Å². The largest absolute Gasteiger partial charge is 0.324 e. The monoisotopic (exact) mass is 331 g/mol. The Hall–Kier alpha value is -0.0500. The minimum absolute atomic E-state index is 0.114. The minimum atomic E-state index is 0.114. The summed E-state index contributed by atoms with van der Waals surface area (Å²) in [4.78, 5) is 0. The van der Waals surface area contributed by atoms with Crippen molar-refractivity contribution >= 4 is 27.5 Å². The van der Waals surface area contributed by atoms with Crippen LogP contribution in [0.1, 0.15) is 63.5 Å². The third-order valence-corrected chi connectivity index (χ3v) is 4.15. The lowest BCUT2D eigenvalue weighted by molar-refractivity contribution is 0.546. The number of hydrogen-bond donors (Lipinski definition) is 1. The number of halogens is 2. The average Bonchev–Trinajstić information content (AvgIpc) is 2.33. The second-order valence-electron chi connectivity index (χ2n) is 4.83. The van der Waals surface area contributed by atoms with Gasteiger partial charge in [-0.05, 0) is 24.1 Å². The molecule has 1 nitrogen and oxygen atoms in total. The summed E-state index contributed by atoms with van der Waals surface area (Å²) in [5.41, 5.74) is 7.37. The average molecular weight is 333 g/mol. The molecule has 0 aliphatic rings. The van der Waals surface area contributed by atoms with Gasteiger partial charge in [0.1, 0.15) is 0 Å². The molecule has 0 fully saturated rings. The van der Waals surface area contributed by atoms with Gasteiger partial charge in [-0.1, -0.05) is 79.0 Å². The molecule has 0 aliphatic carbocycles. The first-order valence-electron chi connectivity index (χ1n) is 6.85. The molecule has 1 aromatic rings. The quantitative estimate of drug-likeness (QED) is 0.593. The van der Waals surface area contributed by atoms with Gasteiger partial charge in [-0.2, -0.15) is 0 Å². The Labute approximate surface area is 124 Å². The first-order valence-corrected chi connectivity index (χ1v) is 8.02. The molecule has 0 spiro atoms. The Morgan fingerprint density at radius 1 is 1.17 bits per heavy atom. The van der Waals surface area contributed by atoms with E-state index in [1.165, 1.54) is 38.5 Å². The molecule has 3 heteroatoms. The number of rotatable bonds is 8. The highest BCUT2D eigenvalue weighted by molar-refractivity contribution is 9.10. The fraction of sp³-hybridized carbons (Fsp3) is 0.600. The van der Waals surface area contributed by atoms with E-state index in [1.807, 2.05) is 18.2 Å². The van der Waals surface area contributed by atoms with Crippen molar-refractivity contribution in [2.75, 3.05) is 0 Å². The van der Waals surface area contributed by atoms with Crippen LogP contribution >= 0.6 is 27.5 Å². The van der Waals surface area contributed by atoms with Gasteiger partial charge in [0.25, 0.3) is 0 Å². The maximum atomic E-state index is 6.21. The summed E-state index contributed by atoms with van der Waals surface area (Å²) in [6.45, 7) is 2.24. The second-order valence-corrected chi connectivity index (χ2v) is 6.12. The smallest absolute Gasteiger partial charge is 0.0417 e. The lowest BCUT2D eigenvalue weighted by atomic mass is 10.0. The lowest BCUT2D eigenvalue weighted by Crippen LogP contribution is -2.10. The highest BCUT2D eigenvalue weighted by Gasteiger charge is 2.09. The normalized spacial score (nSPS) is 12.7. The van der Waals surface area contributed by atoms with E-state index < -0.39 is 0 Å². The molecule has 1 aromatic carbocycles. The molecule has 0 aromatic heterocycles. The van der Waals surface area contributed by atoms with Crippen molar-refractivity contribution in [2.24, 2.45) is 5.73 Å². The van der Waals surface area contributed by atoms with Crippen molar-refractivity contribution in [2.45, 2.75) is 57.9 Å². The van der Waals surface area contributed by atoms with E-state index in [0.29, 0.717) is 0 Å². The molecule has 1 unspecified atom stereocenters. The van der Waals surface area contributed by atoms with E-state index in [-0.39, 0.29) is 6.04 Å². The fourth-order valence-electron chi connectivity index (χ4n) is 2.10. The zero-order chi connectivity index (χ0) is 13.4. The predicted molar refractivity (Wildman–Crippen MR) is 84.1 cm³/mol. The second kappa shape index (κ2) is 8.95. The van der Waals surface area contributed by atoms with Crippen molar-refractivity contribution in [3.63, 3.8) is 0 Å². The van der Waals surface area contributed by atoms with Crippen LogP contribution in [-0.4, -0.2) is 0 Å². The molecule has 1 atom stereocenters. The summed E-state index contributed by atoms with van der Waals surface area (Å²) in [5.74, 6) is 0. The van der Waals surface area contributed by atoms with E-state index in [2.05, 4.69) is 22.9 Å². The van der Waals surface area contributed by atoms with E-state index in [1.54, 1.807) is 0 Å². The highest BCUT2D eigenvalue weighted by Crippen LogP contribution is 2.28. The SMILES string of the molecule is CCCCCCCCC(N)c1ccc(Cl)cc1Br. The van der Waals surface area contributed by atoms with Crippen LogP contribution < -0.4 is 5.73 Å². The fourth-order valence-corrected chi connectivity index (χ4v) is 3.08. The molecular weight excluding hydrogens is 310 g/mol. The molecule has 18 heavy (non-hydrogen) atoms. The molecule has 1 rings (SSSR count). The summed E-state index contributed by atoms with van der Waals surface area (Å²) in [7, 11) is 0. The zero-order valence-electron chi connectivity index (χ0n) is 11.1. The summed E-state index contributed by atoms with van der Waals surface area (Å²) in [5, 5.41) is 0.748. The molecule has 102 valence electrons. The molecule has 0 heterocycles. The maximum Gasteiger partial charge on any atom is 0.0417 e. The van der Waals surface area contributed by atoms with Crippen LogP contribution in [0.5, 0.6) is 0 Å². The van der Waals surface area contributed by atoms with Gasteiger partial charge in [0.15, 0.2) is 0 Å². The van der Waals surface area contributed by atoms with Crippen molar-refractivity contribution in [1.29, 1.82) is 0 Å². The molecule has 0 aliphatic heterocycles. The first kappa shape index (κ1) is 16.0. The van der Waals surface area contributed by atoms with Gasteiger partial charge in [0.2, 0.25) is 0 Å². The lowest BCUT2D eigenvalue weighted by Gasteiger charge is -2.14. The molecule has 0 saturated carbocycles. The van der Waals surface area contributed by atoms with Crippen LogP contribution in [-0.2, 0) is 0 Å². The van der Waals surface area contributed by atoms with Crippen LogP contribution in [0.25, 0.3) is 0 Å². The summed E-state index contributed by atoms with van der Waals surface area (Å²) < 4.78 is 1.02. The van der Waals surface area contributed by atoms with Crippen LogP contribution in [0.15, 0.2) is 22.7 Å². The Bertz CT molecular complexity index is 354. The van der Waals surface area contributed by atoms with E-state index >= 15 is 0 Å². The Morgan fingerprint density at radius 2 is 1.83 bits per heavy atom. The van der Waals surface area contributed by atoms with Gasteiger partial charge < -0.3 is 5.73 Å². The van der Waals surface area contributed by atoms with E-state index in [0.717, 1.165) is 21.5 Å². The summed E-state index contributed by atoms with van der Waals surface area (Å²) >= 11 is 9.45. The number of unbranched alkanes of at least 4 members (excludes halogenated alkanes) is 5. The van der Waals surface area contributed by atoms with Gasteiger partial charge in [-0.25, -0.2) is 0 Å². The van der Waals surface area contributed by atoms with Crippen LogP contribution in [0.2, 0.25) is 5.02 Å². The third-order valence-electron chi connectivity index (χ3n) is 3.23. The number of hydrogen-bond acceptors (Lipinski definition) is 1. The van der Waals surface area contributed by atoms with Crippen molar-refractivity contribution in [3.8, 4) is 0 Å². The van der Waals surface area contributed by atoms with Gasteiger partial charge >= 0.3 is 0 Å². The Balaban J connectivity index is 2.29. The van der Waals surface area contributed by atoms with Crippen molar-refractivity contribution in [3.05, 3.63) is 33.3 Å². The minimum Gasteiger partial charge on any atom is -0.324 e. The first-order chi connectivity index (χ1) is 8.65. The topological polar surface area (TPSA) is 26.0 Å². The number of benzene rings is 1. The van der Waals surface area contributed by atoms with Gasteiger partial charge in [-0.3, -0.25) is 0 Å². The summed E-state index contributed by atoms with van der Waals surface area (Å²) in [6, 6.07) is 5.96. The Morgan fingerprint density at radius 3 is 2.50 bits per heavy atom. The van der Waals surface area contributed by atoms with E-state index in [9.17, 15) is 0 Å². The standard InChI is InChI=1S/C15H23BrClN/c1-2-3-4-5-6-7-8-15(18)13-10-9-12(17)11-14(13)16/h9-11,15H,2-8,18H2,1H3. The molecular formula is C15H23BrClN. The van der Waals surface area contributed by atoms with Crippen molar-refractivity contribution in [1.82, 2.24) is 0 Å². The maximum absolute atomic E-state index is 6.21. The van der Waals surface area contributed by atoms with Crippen LogP contribution in [0.4, 0.5) is 0 Å². The predicted octanol–water partition coefficient (Wildman–Crippen LogP) is 5.85. The van der Waals surface area contributed by atoms with E-state index in [4.69, 9.17) is 17.3 Å². The zero-order valence-corrected chi connectivity index (χ0v) is 13.4. The molecule has 0 saturated heterocycles. The molecule has 0 bridgehead atoms. The summed E-state index contributed by atoms with van der Waals surface area (Å²) in [6.07, 6.45) is 8.90. The molecule has 0 radical (unpaired) electrons. The third kappa shape index (κ3) is 5.73. The van der Waals surface area contributed by atoms with Crippen LogP contribution in [0, 0.1) is 0 Å². The number of nitrogens with two attached hydrogens (primary N) is 1. The Kier molecular flexibility index (Phi) is 7.96. The van der Waals surface area contributed by atoms with Gasteiger partial charge in [0.05, 0.1) is 0 Å². The van der Waals surface area contributed by atoms with Crippen LogP contribution in [0.3, 0.4) is 0 Å². The molecule has 2 N–H and O–H groups in total. The highest BCUT2D eigenvalue weighted by atomic mass is 79.9. The van der Waals surface area contributed by atoms with Crippen molar-refractivity contribution < 1.29 is 0 Å².